The van der Waals surface area contributed by atoms with E-state index < -0.39 is 5.43 Å². The molecule has 0 aliphatic carbocycles. The minimum absolute atomic E-state index is 0.0157. The lowest BCUT2D eigenvalue weighted by atomic mass is 10.1. The Morgan fingerprint density at radius 2 is 2.00 bits per heavy atom. The van der Waals surface area contributed by atoms with Gasteiger partial charge in [-0.3, -0.25) is 9.69 Å². The van der Waals surface area contributed by atoms with Crippen LogP contribution in [-0.2, 0) is 6.54 Å². The van der Waals surface area contributed by atoms with Crippen LogP contribution in [0, 0.1) is 6.92 Å². The highest BCUT2D eigenvalue weighted by Crippen LogP contribution is 2.23. The molecule has 120 valence electrons. The van der Waals surface area contributed by atoms with Crippen LogP contribution in [0.3, 0.4) is 0 Å². The van der Waals surface area contributed by atoms with Crippen LogP contribution < -0.4 is 5.43 Å². The molecular formula is C15H26N2O4. The summed E-state index contributed by atoms with van der Waals surface area (Å²) in [5, 5.41) is 28.8. The van der Waals surface area contributed by atoms with E-state index >= 15 is 0 Å². The first-order valence-electron chi connectivity index (χ1n) is 7.38. The van der Waals surface area contributed by atoms with E-state index in [1.165, 1.54) is 6.07 Å². The maximum atomic E-state index is 11.8. The Morgan fingerprint density at radius 3 is 2.48 bits per heavy atom. The molecule has 0 saturated heterocycles. The summed E-state index contributed by atoms with van der Waals surface area (Å²) in [5.41, 5.74) is 0.802. The first-order valence-corrected chi connectivity index (χ1v) is 7.38. The molecule has 0 bridgehead atoms. The van der Waals surface area contributed by atoms with Crippen LogP contribution in [-0.4, -0.2) is 51.1 Å². The first kappa shape index (κ1) is 17.7. The van der Waals surface area contributed by atoms with Gasteiger partial charge in [0.1, 0.15) is 0 Å². The van der Waals surface area contributed by atoms with Crippen LogP contribution in [0.2, 0.25) is 0 Å². The third kappa shape index (κ3) is 4.06. The molecule has 1 heterocycles. The van der Waals surface area contributed by atoms with Crippen LogP contribution in [0.25, 0.3) is 0 Å². The van der Waals surface area contributed by atoms with Gasteiger partial charge < -0.3 is 19.9 Å². The highest BCUT2D eigenvalue weighted by Gasteiger charge is 2.20. The van der Waals surface area contributed by atoms with Crippen molar-refractivity contribution in [1.29, 1.82) is 0 Å². The predicted octanol–water partition coefficient (Wildman–Crippen LogP) is 0.620. The summed E-state index contributed by atoms with van der Waals surface area (Å²) in [5.74, 6) is -0.274. The Labute approximate surface area is 125 Å². The fourth-order valence-corrected chi connectivity index (χ4v) is 2.55. The minimum Gasteiger partial charge on any atom is -0.503 e. The Morgan fingerprint density at radius 1 is 1.33 bits per heavy atom. The molecule has 1 unspecified atom stereocenters. The molecule has 1 aromatic rings. The Balaban J connectivity index is 3.35. The van der Waals surface area contributed by atoms with Gasteiger partial charge in [0.2, 0.25) is 5.43 Å². The van der Waals surface area contributed by atoms with Crippen LogP contribution in [0.1, 0.15) is 37.7 Å². The summed E-state index contributed by atoms with van der Waals surface area (Å²) >= 11 is 0. The standard InChI is InChI=1S/C15H26N2O4/c1-4-12(10-19)17-11(3)8-14(20)15(21)13(17)9-16(5-2)6-7-18/h8,12,18-19,21H,4-7,9-10H2,1-3H3. The third-order valence-electron chi connectivity index (χ3n) is 3.80. The highest BCUT2D eigenvalue weighted by atomic mass is 16.3. The van der Waals surface area contributed by atoms with Crippen LogP contribution in [0.15, 0.2) is 10.9 Å². The lowest BCUT2D eigenvalue weighted by Gasteiger charge is -2.28. The van der Waals surface area contributed by atoms with Gasteiger partial charge in [0, 0.05) is 24.8 Å². The molecule has 0 aliphatic heterocycles. The van der Waals surface area contributed by atoms with E-state index in [0.29, 0.717) is 37.4 Å². The van der Waals surface area contributed by atoms with Crippen molar-refractivity contribution in [2.45, 2.75) is 39.8 Å². The van der Waals surface area contributed by atoms with E-state index in [2.05, 4.69) is 0 Å². The van der Waals surface area contributed by atoms with E-state index in [1.54, 1.807) is 6.92 Å². The summed E-state index contributed by atoms with van der Waals surface area (Å²) in [6, 6.07) is 1.21. The highest BCUT2D eigenvalue weighted by molar-refractivity contribution is 5.30. The molecule has 1 rings (SSSR count). The van der Waals surface area contributed by atoms with Crippen molar-refractivity contribution >= 4 is 0 Å². The maximum Gasteiger partial charge on any atom is 0.223 e. The Bertz CT molecular complexity index is 509. The number of nitrogens with zero attached hydrogens (tertiary/aromatic N) is 2. The van der Waals surface area contributed by atoms with Crippen molar-refractivity contribution in [3.8, 4) is 5.75 Å². The summed E-state index contributed by atoms with van der Waals surface area (Å²) in [6.07, 6.45) is 0.693. The van der Waals surface area contributed by atoms with Crippen LogP contribution in [0.4, 0.5) is 0 Å². The molecule has 6 nitrogen and oxygen atoms in total. The SMILES string of the molecule is CCC(CO)n1c(C)cc(=O)c(O)c1CN(CC)CCO. The summed E-state index contributed by atoms with van der Waals surface area (Å²) in [6.45, 7) is 7.17. The van der Waals surface area contributed by atoms with Crippen molar-refractivity contribution in [1.82, 2.24) is 9.47 Å². The topological polar surface area (TPSA) is 85.9 Å². The molecule has 0 radical (unpaired) electrons. The quantitative estimate of drug-likeness (QED) is 0.655. The Hall–Kier alpha value is -1.37. The molecule has 3 N–H and O–H groups in total. The lowest BCUT2D eigenvalue weighted by molar-refractivity contribution is 0.182. The van der Waals surface area contributed by atoms with Crippen molar-refractivity contribution in [3.63, 3.8) is 0 Å². The molecule has 1 atom stereocenters. The molecule has 0 aromatic carbocycles. The van der Waals surface area contributed by atoms with E-state index in [9.17, 15) is 15.0 Å². The second kappa shape index (κ2) is 8.17. The number of hydrogen-bond acceptors (Lipinski definition) is 5. The first-order chi connectivity index (χ1) is 9.99. The lowest BCUT2D eigenvalue weighted by Crippen LogP contribution is -2.31. The van der Waals surface area contributed by atoms with Crippen LogP contribution in [0.5, 0.6) is 5.75 Å². The van der Waals surface area contributed by atoms with Gasteiger partial charge in [-0.15, -0.1) is 0 Å². The molecule has 0 amide bonds. The van der Waals surface area contributed by atoms with Crippen molar-refractivity contribution in [3.05, 3.63) is 27.7 Å². The molecule has 0 saturated carbocycles. The average molecular weight is 298 g/mol. The van der Waals surface area contributed by atoms with Crippen LogP contribution >= 0.6 is 0 Å². The molecule has 21 heavy (non-hydrogen) atoms. The zero-order valence-corrected chi connectivity index (χ0v) is 13.0. The number of aromatic hydroxyl groups is 1. The van der Waals surface area contributed by atoms with Gasteiger partial charge >= 0.3 is 0 Å². The Kier molecular flexibility index (Phi) is 6.87. The van der Waals surface area contributed by atoms with Crippen molar-refractivity contribution in [2.75, 3.05) is 26.3 Å². The van der Waals surface area contributed by atoms with Gasteiger partial charge in [-0.25, -0.2) is 0 Å². The second-order valence-corrected chi connectivity index (χ2v) is 5.15. The fraction of sp³-hybridized carbons (Fsp3) is 0.667. The molecule has 0 spiro atoms. The summed E-state index contributed by atoms with van der Waals surface area (Å²) in [7, 11) is 0. The van der Waals surface area contributed by atoms with E-state index in [1.807, 2.05) is 23.3 Å². The maximum absolute atomic E-state index is 11.8. The van der Waals surface area contributed by atoms with E-state index in [4.69, 9.17) is 5.11 Å². The molecule has 0 aliphatic rings. The number of pyridine rings is 1. The average Bonchev–Trinajstić information content (AvgIpc) is 2.47. The number of hydrogen-bond donors (Lipinski definition) is 3. The normalized spacial score (nSPS) is 12.9. The van der Waals surface area contributed by atoms with E-state index in [-0.39, 0.29) is 25.0 Å². The third-order valence-corrected chi connectivity index (χ3v) is 3.80. The van der Waals surface area contributed by atoms with Gasteiger partial charge in [0.05, 0.1) is 24.9 Å². The number of likely N-dealkylation sites (N-methyl/N-ethyl adjacent to an activating group) is 1. The van der Waals surface area contributed by atoms with E-state index in [0.717, 1.165) is 0 Å². The van der Waals surface area contributed by atoms with Gasteiger partial charge in [-0.1, -0.05) is 13.8 Å². The number of aromatic nitrogens is 1. The summed E-state index contributed by atoms with van der Waals surface area (Å²) in [4.78, 5) is 13.8. The molecule has 0 fully saturated rings. The molecule has 6 heteroatoms. The van der Waals surface area contributed by atoms with Gasteiger partial charge in [0.25, 0.3) is 0 Å². The molecular weight excluding hydrogens is 272 g/mol. The monoisotopic (exact) mass is 298 g/mol. The zero-order valence-electron chi connectivity index (χ0n) is 13.0. The largest absolute Gasteiger partial charge is 0.503 e. The van der Waals surface area contributed by atoms with Crippen molar-refractivity contribution in [2.24, 2.45) is 0 Å². The molecule has 1 aromatic heterocycles. The van der Waals surface area contributed by atoms with Gasteiger partial charge in [-0.05, 0) is 19.9 Å². The van der Waals surface area contributed by atoms with Gasteiger partial charge in [-0.2, -0.15) is 0 Å². The number of aliphatic hydroxyl groups is 2. The predicted molar refractivity (Wildman–Crippen MR) is 81.6 cm³/mol. The smallest absolute Gasteiger partial charge is 0.223 e. The zero-order chi connectivity index (χ0) is 16.0. The van der Waals surface area contributed by atoms with Crippen molar-refractivity contribution < 1.29 is 15.3 Å². The minimum atomic E-state index is -0.411. The summed E-state index contributed by atoms with van der Waals surface area (Å²) < 4.78 is 1.83. The number of aliphatic hydroxyl groups excluding tert-OH is 2. The fourth-order valence-electron chi connectivity index (χ4n) is 2.55. The second-order valence-electron chi connectivity index (χ2n) is 5.15. The number of rotatable bonds is 8. The van der Waals surface area contributed by atoms with Gasteiger partial charge in [0.15, 0.2) is 5.75 Å². The number of aryl methyl sites for hydroxylation is 1.